The molecule has 0 radical (unpaired) electrons. The molecule has 0 bridgehead atoms. The van der Waals surface area contributed by atoms with Gasteiger partial charge in [-0.05, 0) is 17.6 Å². The van der Waals surface area contributed by atoms with E-state index < -0.39 is 0 Å². The maximum Gasteiger partial charge on any atom is 0.267 e. The zero-order chi connectivity index (χ0) is 16.8. The number of amides is 1. The fourth-order valence-electron chi connectivity index (χ4n) is 4.20. The van der Waals surface area contributed by atoms with Crippen LogP contribution in [-0.2, 0) is 6.54 Å². The number of carbonyl (C=O) groups excluding carboxylic acids is 1. The number of aromatic nitrogens is 4. The first kappa shape index (κ1) is 15.7. The van der Waals surface area contributed by atoms with Gasteiger partial charge in [0.1, 0.15) is 4.88 Å². The summed E-state index contributed by atoms with van der Waals surface area (Å²) in [6, 6.07) is 1.96. The topological polar surface area (TPSA) is 67.2 Å². The lowest BCUT2D eigenvalue weighted by Crippen LogP contribution is -2.36. The van der Waals surface area contributed by atoms with E-state index in [1.807, 2.05) is 28.0 Å². The summed E-state index contributed by atoms with van der Waals surface area (Å²) in [5.41, 5.74) is 0.260. The number of fused-ring (bicyclic) bond motifs is 1. The molecule has 2 aromatic heterocycles. The van der Waals surface area contributed by atoms with E-state index in [1.54, 1.807) is 6.20 Å². The Morgan fingerprint density at radius 1 is 1.21 bits per heavy atom. The van der Waals surface area contributed by atoms with Gasteiger partial charge in [0.25, 0.3) is 5.91 Å². The van der Waals surface area contributed by atoms with Crippen LogP contribution in [0.2, 0.25) is 0 Å². The summed E-state index contributed by atoms with van der Waals surface area (Å²) in [7, 11) is 0. The van der Waals surface area contributed by atoms with Gasteiger partial charge in [-0.1, -0.05) is 18.3 Å². The number of hydrogen-bond donors (Lipinski definition) is 0. The van der Waals surface area contributed by atoms with Crippen molar-refractivity contribution in [2.75, 3.05) is 32.7 Å². The molecule has 2 saturated heterocycles. The number of hydrogen-bond acceptors (Lipinski definition) is 6. The molecule has 0 aromatic carbocycles. The molecule has 4 rings (SSSR count). The maximum atomic E-state index is 12.6. The van der Waals surface area contributed by atoms with E-state index >= 15 is 0 Å². The highest BCUT2D eigenvalue weighted by Gasteiger charge is 2.58. The first-order valence-electron chi connectivity index (χ1n) is 8.26. The molecule has 1 amide bonds. The van der Waals surface area contributed by atoms with Crippen LogP contribution >= 0.6 is 11.5 Å². The van der Waals surface area contributed by atoms with Crippen LogP contribution in [0, 0.1) is 10.8 Å². The van der Waals surface area contributed by atoms with Gasteiger partial charge >= 0.3 is 0 Å². The van der Waals surface area contributed by atoms with Gasteiger partial charge in [-0.3, -0.25) is 9.48 Å². The first-order valence-corrected chi connectivity index (χ1v) is 9.03. The molecule has 0 unspecified atom stereocenters. The third-order valence-electron chi connectivity index (χ3n) is 5.75. The third-order valence-corrected chi connectivity index (χ3v) is 6.40. The molecule has 8 heteroatoms. The molecule has 7 nitrogen and oxygen atoms in total. The monoisotopic (exact) mass is 346 g/mol. The standard InChI is InChI=1S/C16H22N6OS/c1-15-9-20(6-7-22-5-3-4-18-22)10-16(15,2)12-21(11-15)14(23)13-8-17-19-24-13/h3-5,8H,6-7,9-12H2,1-2H3/t15-,16+. The molecule has 0 spiro atoms. The van der Waals surface area contributed by atoms with Crippen LogP contribution in [-0.4, -0.2) is 67.8 Å². The van der Waals surface area contributed by atoms with Crippen molar-refractivity contribution in [3.63, 3.8) is 0 Å². The molecule has 2 fully saturated rings. The second-order valence-corrected chi connectivity index (χ2v) is 8.33. The molecule has 2 aromatic rings. The third kappa shape index (κ3) is 2.53. The zero-order valence-corrected chi connectivity index (χ0v) is 14.9. The Morgan fingerprint density at radius 2 is 1.96 bits per heavy atom. The van der Waals surface area contributed by atoms with Gasteiger partial charge in [0.2, 0.25) is 0 Å². The largest absolute Gasteiger partial charge is 0.337 e. The molecule has 2 aliphatic rings. The van der Waals surface area contributed by atoms with Gasteiger partial charge in [0, 0.05) is 55.9 Å². The van der Waals surface area contributed by atoms with Crippen molar-refractivity contribution in [3.05, 3.63) is 29.5 Å². The Hall–Kier alpha value is -1.80. The van der Waals surface area contributed by atoms with Crippen LogP contribution in [0.5, 0.6) is 0 Å². The summed E-state index contributed by atoms with van der Waals surface area (Å²) in [4.78, 5) is 17.8. The molecule has 2 atom stereocenters. The normalized spacial score (nSPS) is 30.0. The molecule has 0 saturated carbocycles. The van der Waals surface area contributed by atoms with Crippen molar-refractivity contribution in [2.24, 2.45) is 10.8 Å². The number of likely N-dealkylation sites (tertiary alicyclic amines) is 2. The van der Waals surface area contributed by atoms with E-state index in [-0.39, 0.29) is 16.7 Å². The van der Waals surface area contributed by atoms with Crippen LogP contribution in [0.3, 0.4) is 0 Å². The molecule has 0 N–H and O–H groups in total. The van der Waals surface area contributed by atoms with Crippen molar-refractivity contribution in [1.29, 1.82) is 0 Å². The molecular weight excluding hydrogens is 324 g/mol. The van der Waals surface area contributed by atoms with Gasteiger partial charge in [0.05, 0.1) is 12.7 Å². The van der Waals surface area contributed by atoms with E-state index in [0.29, 0.717) is 4.88 Å². The molecule has 0 aliphatic carbocycles. The average molecular weight is 346 g/mol. The van der Waals surface area contributed by atoms with Gasteiger partial charge < -0.3 is 9.80 Å². The maximum absolute atomic E-state index is 12.6. The van der Waals surface area contributed by atoms with E-state index in [4.69, 9.17) is 0 Å². The summed E-state index contributed by atoms with van der Waals surface area (Å²) in [5.74, 6) is 0.0740. The summed E-state index contributed by atoms with van der Waals surface area (Å²) in [6.07, 6.45) is 5.39. The predicted octanol–water partition coefficient (Wildman–Crippen LogP) is 1.22. The number of rotatable bonds is 4. The minimum Gasteiger partial charge on any atom is -0.337 e. The van der Waals surface area contributed by atoms with Gasteiger partial charge in [-0.2, -0.15) is 5.10 Å². The molecule has 128 valence electrons. The summed E-state index contributed by atoms with van der Waals surface area (Å²) >= 11 is 1.18. The minimum absolute atomic E-state index is 0.0740. The molecular formula is C16H22N6OS. The number of nitrogens with zero attached hydrogens (tertiary/aromatic N) is 6. The highest BCUT2D eigenvalue weighted by Crippen LogP contribution is 2.51. The van der Waals surface area contributed by atoms with Crippen LogP contribution in [0.25, 0.3) is 0 Å². The molecule has 24 heavy (non-hydrogen) atoms. The van der Waals surface area contributed by atoms with Gasteiger partial charge in [-0.15, -0.1) is 5.10 Å². The van der Waals surface area contributed by atoms with E-state index in [0.717, 1.165) is 39.3 Å². The van der Waals surface area contributed by atoms with Crippen molar-refractivity contribution in [2.45, 2.75) is 20.4 Å². The van der Waals surface area contributed by atoms with Crippen LogP contribution in [0.4, 0.5) is 0 Å². The fourth-order valence-corrected chi connectivity index (χ4v) is 4.68. The summed E-state index contributed by atoms with van der Waals surface area (Å²) in [5, 5.41) is 8.06. The summed E-state index contributed by atoms with van der Waals surface area (Å²) in [6.45, 7) is 10.2. The van der Waals surface area contributed by atoms with Crippen molar-refractivity contribution < 1.29 is 4.79 Å². The highest BCUT2D eigenvalue weighted by atomic mass is 32.1. The van der Waals surface area contributed by atoms with E-state index in [2.05, 4.69) is 33.4 Å². The smallest absolute Gasteiger partial charge is 0.267 e. The SMILES string of the molecule is C[C@@]12CN(CCn3cccn3)C[C@]1(C)CN(C(=O)c1cnns1)C2. The Morgan fingerprint density at radius 3 is 2.54 bits per heavy atom. The summed E-state index contributed by atoms with van der Waals surface area (Å²) < 4.78 is 5.79. The fraction of sp³-hybridized carbons (Fsp3) is 0.625. The molecule has 2 aliphatic heterocycles. The Balaban J connectivity index is 1.42. The lowest BCUT2D eigenvalue weighted by Gasteiger charge is -2.30. The highest BCUT2D eigenvalue weighted by molar-refractivity contribution is 7.07. The lowest BCUT2D eigenvalue weighted by molar-refractivity contribution is 0.0762. The number of carbonyl (C=O) groups is 1. The second kappa shape index (κ2) is 5.63. The molecule has 4 heterocycles. The Kier molecular flexibility index (Phi) is 3.69. The van der Waals surface area contributed by atoms with Crippen LogP contribution < -0.4 is 0 Å². The van der Waals surface area contributed by atoms with Gasteiger partial charge in [-0.25, -0.2) is 0 Å². The van der Waals surface area contributed by atoms with Crippen LogP contribution in [0.15, 0.2) is 24.7 Å². The Labute approximate surface area is 145 Å². The predicted molar refractivity (Wildman–Crippen MR) is 90.7 cm³/mol. The minimum atomic E-state index is 0.0740. The lowest BCUT2D eigenvalue weighted by atomic mass is 9.71. The first-order chi connectivity index (χ1) is 11.5. The Bertz CT molecular complexity index is 697. The van der Waals surface area contributed by atoms with E-state index in [9.17, 15) is 4.79 Å². The van der Waals surface area contributed by atoms with E-state index in [1.165, 1.54) is 11.5 Å². The van der Waals surface area contributed by atoms with Crippen LogP contribution in [0.1, 0.15) is 23.5 Å². The van der Waals surface area contributed by atoms with Crippen molar-refractivity contribution in [1.82, 2.24) is 29.2 Å². The van der Waals surface area contributed by atoms with Crippen molar-refractivity contribution in [3.8, 4) is 0 Å². The van der Waals surface area contributed by atoms with Crippen molar-refractivity contribution >= 4 is 17.4 Å². The second-order valence-electron chi connectivity index (χ2n) is 7.54. The quantitative estimate of drug-likeness (QED) is 0.833. The van der Waals surface area contributed by atoms with Gasteiger partial charge in [0.15, 0.2) is 0 Å². The zero-order valence-electron chi connectivity index (χ0n) is 14.1. The average Bonchev–Trinajstić information content (AvgIpc) is 3.28.